The van der Waals surface area contributed by atoms with Crippen molar-refractivity contribution >= 4 is 11.0 Å². The van der Waals surface area contributed by atoms with Crippen LogP contribution in [0.3, 0.4) is 0 Å². The highest BCUT2D eigenvalue weighted by atomic mass is 16.5. The topological polar surface area (TPSA) is 49.9 Å². The number of fused-ring (bicyclic) bond motifs is 1. The number of aromatic amines is 1. The number of nitrogens with zero attached hydrogens (tertiary/aromatic N) is 1. The summed E-state index contributed by atoms with van der Waals surface area (Å²) in [6.07, 6.45) is 2.35. The van der Waals surface area contributed by atoms with Crippen LogP contribution in [-0.2, 0) is 10.2 Å². The predicted octanol–water partition coefficient (Wildman–Crippen LogP) is 2.14. The fourth-order valence-electron chi connectivity index (χ4n) is 2.87. The number of benzene rings is 1. The highest BCUT2D eigenvalue weighted by molar-refractivity contribution is 5.76. The van der Waals surface area contributed by atoms with Crippen LogP contribution in [0.4, 0.5) is 0 Å². The number of hydrogen-bond acceptors (Lipinski definition) is 3. The number of ether oxygens (including phenoxy) is 1. The van der Waals surface area contributed by atoms with Gasteiger partial charge in [0, 0.05) is 5.41 Å². The lowest BCUT2D eigenvalue weighted by molar-refractivity contribution is -0.0650. The van der Waals surface area contributed by atoms with Crippen LogP contribution in [0, 0.1) is 6.92 Å². The molecule has 19 heavy (non-hydrogen) atoms. The summed E-state index contributed by atoms with van der Waals surface area (Å²) in [6.45, 7) is 4.74. The molecule has 1 aromatic heterocycles. The summed E-state index contributed by atoms with van der Waals surface area (Å²) >= 11 is 0. The Hall–Kier alpha value is -1.39. The molecular formula is C15H21N3O. The van der Waals surface area contributed by atoms with Crippen molar-refractivity contribution in [1.82, 2.24) is 15.3 Å². The van der Waals surface area contributed by atoms with E-state index in [-0.39, 0.29) is 5.41 Å². The van der Waals surface area contributed by atoms with E-state index in [1.165, 1.54) is 18.4 Å². The van der Waals surface area contributed by atoms with Crippen molar-refractivity contribution < 1.29 is 4.74 Å². The van der Waals surface area contributed by atoms with Gasteiger partial charge >= 0.3 is 0 Å². The third-order valence-corrected chi connectivity index (χ3v) is 4.05. The van der Waals surface area contributed by atoms with Gasteiger partial charge in [-0.3, -0.25) is 0 Å². The first-order valence-corrected chi connectivity index (χ1v) is 6.93. The predicted molar refractivity (Wildman–Crippen MR) is 76.5 cm³/mol. The maximum atomic E-state index is 5.49. The van der Waals surface area contributed by atoms with Crippen LogP contribution < -0.4 is 5.32 Å². The third kappa shape index (κ3) is 2.26. The second kappa shape index (κ2) is 4.94. The van der Waals surface area contributed by atoms with E-state index in [1.807, 2.05) is 14.0 Å². The van der Waals surface area contributed by atoms with Crippen molar-refractivity contribution in [2.75, 3.05) is 26.8 Å². The van der Waals surface area contributed by atoms with Crippen molar-refractivity contribution in [3.8, 4) is 0 Å². The lowest BCUT2D eigenvalue weighted by atomic mass is 9.75. The van der Waals surface area contributed by atoms with Crippen LogP contribution >= 0.6 is 0 Å². The SMILES string of the molecule is CNCCCC1(c2ccc3nc(C)[nH]c3c2)COC1. The highest BCUT2D eigenvalue weighted by Gasteiger charge is 2.39. The fraction of sp³-hybridized carbons (Fsp3) is 0.533. The number of nitrogens with one attached hydrogen (secondary N) is 2. The minimum Gasteiger partial charge on any atom is -0.379 e. The molecule has 0 unspecified atom stereocenters. The largest absolute Gasteiger partial charge is 0.379 e. The lowest BCUT2D eigenvalue weighted by Gasteiger charge is -2.42. The smallest absolute Gasteiger partial charge is 0.104 e. The Kier molecular flexibility index (Phi) is 3.29. The van der Waals surface area contributed by atoms with Crippen LogP contribution in [0.15, 0.2) is 18.2 Å². The summed E-state index contributed by atoms with van der Waals surface area (Å²) in [7, 11) is 2.00. The monoisotopic (exact) mass is 259 g/mol. The summed E-state index contributed by atoms with van der Waals surface area (Å²) in [4.78, 5) is 7.78. The van der Waals surface area contributed by atoms with E-state index in [2.05, 4.69) is 33.5 Å². The minimum atomic E-state index is 0.212. The van der Waals surface area contributed by atoms with Crippen molar-refractivity contribution in [2.24, 2.45) is 0 Å². The zero-order chi connectivity index (χ0) is 13.3. The summed E-state index contributed by atoms with van der Waals surface area (Å²) in [6, 6.07) is 6.58. The molecule has 0 spiro atoms. The Bertz CT molecular complexity index is 572. The molecule has 0 saturated carbocycles. The Morgan fingerprint density at radius 2 is 2.26 bits per heavy atom. The molecule has 2 N–H and O–H groups in total. The van der Waals surface area contributed by atoms with Crippen LogP contribution in [0.1, 0.15) is 24.2 Å². The molecule has 1 fully saturated rings. The van der Waals surface area contributed by atoms with Gasteiger partial charge in [-0.25, -0.2) is 4.98 Å². The molecule has 2 heterocycles. The average molecular weight is 259 g/mol. The molecule has 4 nitrogen and oxygen atoms in total. The Morgan fingerprint density at radius 1 is 1.42 bits per heavy atom. The summed E-state index contributed by atoms with van der Waals surface area (Å²) in [5.41, 5.74) is 3.78. The Balaban J connectivity index is 1.87. The first-order valence-electron chi connectivity index (χ1n) is 6.93. The zero-order valence-electron chi connectivity index (χ0n) is 11.6. The molecule has 0 radical (unpaired) electrons. The van der Waals surface area contributed by atoms with Gasteiger partial charge in [0.2, 0.25) is 0 Å². The number of imidazole rings is 1. The Morgan fingerprint density at radius 3 is 2.95 bits per heavy atom. The van der Waals surface area contributed by atoms with E-state index < -0.39 is 0 Å². The van der Waals surface area contributed by atoms with E-state index in [9.17, 15) is 0 Å². The van der Waals surface area contributed by atoms with Crippen LogP contribution in [-0.4, -0.2) is 36.8 Å². The number of aromatic nitrogens is 2. The van der Waals surface area contributed by atoms with Gasteiger partial charge in [-0.15, -0.1) is 0 Å². The van der Waals surface area contributed by atoms with Crippen LogP contribution in [0.2, 0.25) is 0 Å². The van der Waals surface area contributed by atoms with Crippen LogP contribution in [0.25, 0.3) is 11.0 Å². The van der Waals surface area contributed by atoms with Crippen molar-refractivity contribution in [1.29, 1.82) is 0 Å². The van der Waals surface area contributed by atoms with Gasteiger partial charge in [-0.2, -0.15) is 0 Å². The van der Waals surface area contributed by atoms with Crippen LogP contribution in [0.5, 0.6) is 0 Å². The van der Waals surface area contributed by atoms with E-state index >= 15 is 0 Å². The zero-order valence-corrected chi connectivity index (χ0v) is 11.6. The molecule has 1 aromatic carbocycles. The van der Waals surface area contributed by atoms with Gasteiger partial charge in [0.05, 0.1) is 24.2 Å². The second-order valence-electron chi connectivity index (χ2n) is 5.53. The molecule has 0 atom stereocenters. The first kappa shape index (κ1) is 12.6. The van der Waals surface area contributed by atoms with Gasteiger partial charge in [0.1, 0.15) is 5.82 Å². The van der Waals surface area contributed by atoms with Gasteiger partial charge < -0.3 is 15.0 Å². The number of aryl methyl sites for hydroxylation is 1. The molecule has 1 aliphatic heterocycles. The van der Waals surface area contributed by atoms with Gasteiger partial charge in [0.15, 0.2) is 0 Å². The first-order chi connectivity index (χ1) is 9.23. The fourth-order valence-corrected chi connectivity index (χ4v) is 2.87. The van der Waals surface area contributed by atoms with E-state index in [0.29, 0.717) is 0 Å². The molecule has 3 rings (SSSR count). The molecule has 1 saturated heterocycles. The third-order valence-electron chi connectivity index (χ3n) is 4.05. The van der Waals surface area contributed by atoms with Gasteiger partial charge in [-0.05, 0) is 51.1 Å². The van der Waals surface area contributed by atoms with Gasteiger partial charge in [-0.1, -0.05) is 6.07 Å². The van der Waals surface area contributed by atoms with E-state index in [1.54, 1.807) is 0 Å². The minimum absolute atomic E-state index is 0.212. The molecule has 0 amide bonds. The van der Waals surface area contributed by atoms with E-state index in [0.717, 1.165) is 36.6 Å². The van der Waals surface area contributed by atoms with Crippen molar-refractivity contribution in [3.63, 3.8) is 0 Å². The number of hydrogen-bond donors (Lipinski definition) is 2. The Labute approximate surface area is 113 Å². The number of rotatable bonds is 5. The molecule has 2 aromatic rings. The van der Waals surface area contributed by atoms with Gasteiger partial charge in [0.25, 0.3) is 0 Å². The van der Waals surface area contributed by atoms with E-state index in [4.69, 9.17) is 4.74 Å². The average Bonchev–Trinajstić information content (AvgIpc) is 2.71. The summed E-state index contributed by atoms with van der Waals surface area (Å²) in [5, 5.41) is 3.22. The standard InChI is InChI=1S/C15H21N3O/c1-11-17-13-5-4-12(8-14(13)18-11)15(9-19-10-15)6-3-7-16-2/h4-5,8,16H,3,6-7,9-10H2,1-2H3,(H,17,18). The normalized spacial score (nSPS) is 17.6. The summed E-state index contributed by atoms with van der Waals surface area (Å²) < 4.78 is 5.49. The molecule has 4 heteroatoms. The second-order valence-corrected chi connectivity index (χ2v) is 5.53. The summed E-state index contributed by atoms with van der Waals surface area (Å²) in [5.74, 6) is 0.973. The molecular weight excluding hydrogens is 238 g/mol. The quantitative estimate of drug-likeness (QED) is 0.809. The molecule has 1 aliphatic rings. The number of H-pyrrole nitrogens is 1. The highest BCUT2D eigenvalue weighted by Crippen LogP contribution is 2.37. The van der Waals surface area contributed by atoms with Crippen molar-refractivity contribution in [3.05, 3.63) is 29.6 Å². The maximum absolute atomic E-state index is 5.49. The molecule has 0 bridgehead atoms. The molecule has 102 valence electrons. The lowest BCUT2D eigenvalue weighted by Crippen LogP contribution is -2.47. The van der Waals surface area contributed by atoms with Crippen molar-refractivity contribution in [2.45, 2.75) is 25.2 Å². The molecule has 0 aliphatic carbocycles. The maximum Gasteiger partial charge on any atom is 0.104 e.